The van der Waals surface area contributed by atoms with Crippen LogP contribution in [-0.4, -0.2) is 0 Å². The van der Waals surface area contributed by atoms with Gasteiger partial charge in [-0.2, -0.15) is 0 Å². The fourth-order valence-corrected chi connectivity index (χ4v) is 1.64. The van der Waals surface area contributed by atoms with E-state index in [2.05, 4.69) is 49.4 Å². The number of hydrogen-bond acceptors (Lipinski definition) is 0. The third kappa shape index (κ3) is 2.35. The zero-order valence-electron chi connectivity index (χ0n) is 8.85. The van der Waals surface area contributed by atoms with Crippen LogP contribution in [0.3, 0.4) is 0 Å². The van der Waals surface area contributed by atoms with Crippen molar-refractivity contribution in [1.82, 2.24) is 0 Å². The molecule has 0 nitrogen and oxygen atoms in total. The molecule has 0 aliphatic rings. The molecule has 0 spiro atoms. The molecule has 0 heteroatoms. The van der Waals surface area contributed by atoms with Crippen molar-refractivity contribution in [3.63, 3.8) is 0 Å². The third-order valence-corrected chi connectivity index (χ3v) is 2.45. The van der Waals surface area contributed by atoms with Gasteiger partial charge in [-0.25, -0.2) is 0 Å². The molecule has 0 bridgehead atoms. The minimum Gasteiger partial charge on any atom is -0.0623 e. The number of hydrogen-bond donors (Lipinski definition) is 0. The number of benzene rings is 1. The summed E-state index contributed by atoms with van der Waals surface area (Å²) in [6, 6.07) is 23.0. The Balaban J connectivity index is 2.83. The van der Waals surface area contributed by atoms with Gasteiger partial charge in [0.2, 0.25) is 0 Å². The van der Waals surface area contributed by atoms with Gasteiger partial charge in [0.05, 0.1) is 0 Å². The molecule has 0 unspecified atom stereocenters. The molecule has 0 saturated heterocycles. The Bertz CT molecular complexity index is 511. The summed E-state index contributed by atoms with van der Waals surface area (Å²) in [7, 11) is 0. The summed E-state index contributed by atoms with van der Waals surface area (Å²) in [5.74, 6) is 0. The van der Waals surface area contributed by atoms with Crippen LogP contribution in [0.25, 0.3) is 10.8 Å². The van der Waals surface area contributed by atoms with Gasteiger partial charge in [-0.3, -0.25) is 0 Å². The highest BCUT2D eigenvalue weighted by atomic mass is 13.9. The molecule has 0 fully saturated rings. The molecule has 0 heterocycles. The lowest BCUT2D eigenvalue weighted by Gasteiger charge is -1.97. The van der Waals surface area contributed by atoms with Crippen LogP contribution in [0.5, 0.6) is 0 Å². The molecule has 0 radical (unpaired) electrons. The highest BCUT2D eigenvalue weighted by molar-refractivity contribution is 5.84. The zero-order chi connectivity index (χ0) is 10.5. The second-order valence-corrected chi connectivity index (χ2v) is 3.57. The van der Waals surface area contributed by atoms with Crippen LogP contribution in [0.1, 0.15) is 5.56 Å². The first-order valence-electron chi connectivity index (χ1n) is 5.15. The van der Waals surface area contributed by atoms with Crippen LogP contribution < -0.4 is 0 Å². The summed E-state index contributed by atoms with van der Waals surface area (Å²) in [4.78, 5) is 0. The first kappa shape index (κ1) is 9.72. The lowest BCUT2D eigenvalue weighted by molar-refractivity contribution is 1.54. The summed E-state index contributed by atoms with van der Waals surface area (Å²) in [6.07, 6.45) is 0. The predicted octanol–water partition coefficient (Wildman–Crippen LogP) is 4.27. The van der Waals surface area contributed by atoms with E-state index in [0.29, 0.717) is 0 Å². The largest absolute Gasteiger partial charge is 0.0623 e. The Morgan fingerprint density at radius 2 is 1.20 bits per heavy atom. The van der Waals surface area contributed by atoms with Gasteiger partial charge >= 0.3 is 0 Å². The minimum absolute atomic E-state index is 1.27. The van der Waals surface area contributed by atoms with E-state index in [1.54, 1.807) is 0 Å². The molecule has 2 aromatic carbocycles. The van der Waals surface area contributed by atoms with E-state index >= 15 is 0 Å². The molecule has 0 aliphatic carbocycles. The smallest absolute Gasteiger partial charge is 0.0155 e. The maximum absolute atomic E-state index is 2.16. The van der Waals surface area contributed by atoms with Gasteiger partial charge in [0.25, 0.3) is 0 Å². The van der Waals surface area contributed by atoms with E-state index in [9.17, 15) is 0 Å². The Hall–Kier alpha value is -1.82. The molecule has 0 N–H and O–H groups in total. The van der Waals surface area contributed by atoms with Crippen molar-refractivity contribution in [3.05, 3.63) is 72.3 Å². The quantitative estimate of drug-likeness (QED) is 0.587. The van der Waals surface area contributed by atoms with Gasteiger partial charge in [-0.1, -0.05) is 66.7 Å². The molecule has 2 aromatic rings. The maximum atomic E-state index is 2.16. The molecule has 15 heavy (non-hydrogen) atoms. The second kappa shape index (κ2) is 4.61. The molecular weight excluding hydrogens is 180 g/mol. The fraction of sp³-hybridized carbons (Fsp3) is 0.0667. The van der Waals surface area contributed by atoms with Crippen molar-refractivity contribution in [2.75, 3.05) is 0 Å². The van der Waals surface area contributed by atoms with Crippen LogP contribution in [0, 0.1) is 6.92 Å². The van der Waals surface area contributed by atoms with Crippen molar-refractivity contribution in [2.24, 2.45) is 0 Å². The van der Waals surface area contributed by atoms with E-state index in [-0.39, 0.29) is 0 Å². The van der Waals surface area contributed by atoms with Crippen LogP contribution in [0.15, 0.2) is 66.7 Å². The topological polar surface area (TPSA) is 0 Å². The normalized spacial score (nSPS) is 9.67. The summed E-state index contributed by atoms with van der Waals surface area (Å²) >= 11 is 0. The van der Waals surface area contributed by atoms with Gasteiger partial charge in [-0.05, 0) is 23.3 Å². The Morgan fingerprint density at radius 1 is 0.600 bits per heavy atom. The van der Waals surface area contributed by atoms with Crippen molar-refractivity contribution in [2.45, 2.75) is 6.92 Å². The van der Waals surface area contributed by atoms with E-state index in [4.69, 9.17) is 0 Å². The van der Waals surface area contributed by atoms with Gasteiger partial charge in [0.15, 0.2) is 0 Å². The van der Waals surface area contributed by atoms with E-state index in [0.717, 1.165) is 0 Å². The average Bonchev–Trinajstić information content (AvgIpc) is 2.26. The van der Waals surface area contributed by atoms with Gasteiger partial charge in [-0.15, -0.1) is 0 Å². The van der Waals surface area contributed by atoms with E-state index < -0.39 is 0 Å². The zero-order valence-corrected chi connectivity index (χ0v) is 8.85. The molecule has 2 rings (SSSR count). The van der Waals surface area contributed by atoms with Crippen LogP contribution >= 0.6 is 0 Å². The van der Waals surface area contributed by atoms with Gasteiger partial charge in [0.1, 0.15) is 0 Å². The molecule has 0 saturated carbocycles. The Morgan fingerprint density at radius 3 is 2.00 bits per heavy atom. The van der Waals surface area contributed by atoms with Crippen molar-refractivity contribution in [3.8, 4) is 0 Å². The molecule has 0 aromatic heterocycles. The molecule has 0 amide bonds. The van der Waals surface area contributed by atoms with E-state index in [1.807, 2.05) is 24.3 Å². The summed E-state index contributed by atoms with van der Waals surface area (Å²) in [5.41, 5.74) is 1.31. The SMILES string of the molecule is Cc1cccc2ccccccccc12. The predicted molar refractivity (Wildman–Crippen MR) is 66.3 cm³/mol. The highest BCUT2D eigenvalue weighted by Gasteiger charge is 1.90. The fourth-order valence-electron chi connectivity index (χ4n) is 1.64. The number of fused-ring (bicyclic) bond motifs is 1. The number of rotatable bonds is 0. The summed E-state index contributed by atoms with van der Waals surface area (Å²) in [5, 5.41) is 2.57. The monoisotopic (exact) mass is 194 g/mol. The lowest BCUT2D eigenvalue weighted by atomic mass is 10.1. The van der Waals surface area contributed by atoms with Crippen LogP contribution in [0.4, 0.5) is 0 Å². The first-order valence-corrected chi connectivity index (χ1v) is 5.15. The van der Waals surface area contributed by atoms with Crippen molar-refractivity contribution in [1.29, 1.82) is 0 Å². The highest BCUT2D eigenvalue weighted by Crippen LogP contribution is 2.14. The van der Waals surface area contributed by atoms with Gasteiger partial charge < -0.3 is 0 Å². The molecule has 0 atom stereocenters. The van der Waals surface area contributed by atoms with Crippen molar-refractivity contribution < 1.29 is 0 Å². The van der Waals surface area contributed by atoms with Gasteiger partial charge in [0, 0.05) is 0 Å². The number of aryl methyl sites for hydroxylation is 1. The lowest BCUT2D eigenvalue weighted by Crippen LogP contribution is -1.73. The maximum Gasteiger partial charge on any atom is -0.0155 e. The summed E-state index contributed by atoms with van der Waals surface area (Å²) < 4.78 is 0. The Kier molecular flexibility index (Phi) is 2.99. The van der Waals surface area contributed by atoms with Crippen LogP contribution in [0.2, 0.25) is 0 Å². The summed E-state index contributed by atoms with van der Waals surface area (Å²) in [6.45, 7) is 2.14. The molecule has 0 aliphatic heterocycles. The standard InChI is InChI=1S/C15H14/c1-13-9-8-11-14-10-6-4-2-3-5-7-12-15(13)14/h2-12H,1H3. The average molecular weight is 194 g/mol. The second-order valence-electron chi connectivity index (χ2n) is 3.57. The van der Waals surface area contributed by atoms with E-state index in [1.165, 1.54) is 16.3 Å². The Labute approximate surface area is 90.5 Å². The first-order chi connectivity index (χ1) is 7.38. The third-order valence-electron chi connectivity index (χ3n) is 2.45. The van der Waals surface area contributed by atoms with Crippen molar-refractivity contribution >= 4 is 10.8 Å². The van der Waals surface area contributed by atoms with Crippen LogP contribution in [-0.2, 0) is 0 Å². The molecular formula is C15H14. The molecule has 74 valence electrons. The minimum atomic E-state index is 1.27.